The van der Waals surface area contributed by atoms with Crippen molar-refractivity contribution < 1.29 is 42.7 Å². The lowest BCUT2D eigenvalue weighted by Gasteiger charge is -2.44. The van der Waals surface area contributed by atoms with Crippen molar-refractivity contribution in [1.29, 1.82) is 0 Å². The summed E-state index contributed by atoms with van der Waals surface area (Å²) in [5.41, 5.74) is -0.176. The molecule has 5 heterocycles. The third kappa shape index (κ3) is 5.91. The number of morpholine rings is 1. The van der Waals surface area contributed by atoms with Gasteiger partial charge in [0.1, 0.15) is 12.1 Å². The third-order valence-electron chi connectivity index (χ3n) is 10.0. The topological polar surface area (TPSA) is 157 Å². The van der Waals surface area contributed by atoms with E-state index in [0.717, 1.165) is 30.6 Å². The van der Waals surface area contributed by atoms with E-state index in [1.807, 2.05) is 0 Å². The van der Waals surface area contributed by atoms with Crippen LogP contribution in [0.15, 0.2) is 24.3 Å². The predicted octanol–water partition coefficient (Wildman–Crippen LogP) is 2.25. The third-order valence-corrected chi connectivity index (χ3v) is 12.0. The molecule has 7 rings (SSSR count). The Labute approximate surface area is 263 Å². The lowest BCUT2D eigenvalue weighted by atomic mass is 9.96. The van der Waals surface area contributed by atoms with Crippen LogP contribution in [0.25, 0.3) is 10.1 Å². The first kappa shape index (κ1) is 30.7. The zero-order valence-electron chi connectivity index (χ0n) is 24.5. The summed E-state index contributed by atoms with van der Waals surface area (Å²) >= 11 is 1.14. The van der Waals surface area contributed by atoms with Gasteiger partial charge in [-0.25, -0.2) is 4.39 Å². The number of likely N-dealkylation sites (tertiary alicyclic amines) is 1. The maximum atomic E-state index is 14.3. The molecule has 0 bridgehead atoms. The summed E-state index contributed by atoms with van der Waals surface area (Å²) in [5.74, 6) is -2.75. The number of thiophene rings is 1. The van der Waals surface area contributed by atoms with Crippen LogP contribution in [0, 0.1) is 17.8 Å². The smallest absolute Gasteiger partial charge is 0.363 e. The van der Waals surface area contributed by atoms with Crippen LogP contribution in [0.3, 0.4) is 0 Å². The summed E-state index contributed by atoms with van der Waals surface area (Å²) in [4.78, 5) is 78.0. The highest BCUT2D eigenvalue weighted by Gasteiger charge is 2.53. The van der Waals surface area contributed by atoms with Crippen molar-refractivity contribution in [1.82, 2.24) is 20.0 Å². The zero-order valence-corrected chi connectivity index (χ0v) is 26.3. The van der Waals surface area contributed by atoms with Crippen LogP contribution < -0.4 is 5.32 Å². The van der Waals surface area contributed by atoms with Crippen LogP contribution in [0.2, 0.25) is 0 Å². The van der Waals surface area contributed by atoms with Gasteiger partial charge in [-0.05, 0) is 73.1 Å². The Bertz CT molecular complexity index is 1590. The summed E-state index contributed by atoms with van der Waals surface area (Å²) in [5, 5.41) is 3.38. The van der Waals surface area contributed by atoms with Crippen molar-refractivity contribution in [3.8, 4) is 0 Å². The number of ether oxygens (including phenoxy) is 1. The average molecular weight is 663 g/mol. The summed E-state index contributed by atoms with van der Waals surface area (Å²) in [6.07, 6.45) is 3.59. The van der Waals surface area contributed by atoms with E-state index >= 15 is 0 Å². The van der Waals surface area contributed by atoms with Gasteiger partial charge < -0.3 is 34.5 Å². The number of carbonyl (C=O) groups excluding carboxylic acids is 4. The van der Waals surface area contributed by atoms with E-state index < -0.39 is 31.5 Å². The van der Waals surface area contributed by atoms with Gasteiger partial charge in [-0.2, -0.15) is 0 Å². The molecule has 0 unspecified atom stereocenters. The predicted molar refractivity (Wildman–Crippen MR) is 161 cm³/mol. The molecule has 12 nitrogen and oxygen atoms in total. The van der Waals surface area contributed by atoms with E-state index in [1.165, 1.54) is 24.3 Å². The molecule has 3 N–H and O–H groups in total. The Balaban J connectivity index is 1.04. The normalized spacial score (nSPS) is 29.4. The van der Waals surface area contributed by atoms with E-state index in [1.54, 1.807) is 14.7 Å². The van der Waals surface area contributed by atoms with Crippen LogP contribution in [-0.2, 0) is 23.7 Å². The molecule has 1 aromatic carbocycles. The molecule has 2 aromatic rings. The van der Waals surface area contributed by atoms with Crippen molar-refractivity contribution in [3.63, 3.8) is 0 Å². The van der Waals surface area contributed by atoms with Crippen LogP contribution in [-0.4, -0.2) is 106 Å². The SMILES string of the molecule is O=C(N[C@H]1C[C@@H]2C[C@@H]2C[C@H]2CC[C@@H](C(=O)N3CC(C(=O)N4CCOCC4)C3)N2C1=O)c1cc2cc([C@@H](F)P(=O)(O)O)ccc2s1. The van der Waals surface area contributed by atoms with E-state index in [9.17, 15) is 37.9 Å². The molecule has 4 aliphatic heterocycles. The molecule has 242 valence electrons. The second-order valence-corrected chi connectivity index (χ2v) is 15.7. The van der Waals surface area contributed by atoms with Crippen molar-refractivity contribution >= 4 is 52.6 Å². The molecular formula is C30H36FN4O8PS. The van der Waals surface area contributed by atoms with Gasteiger partial charge in [-0.3, -0.25) is 23.7 Å². The van der Waals surface area contributed by atoms with E-state index in [-0.39, 0.29) is 40.1 Å². The fourth-order valence-electron chi connectivity index (χ4n) is 7.44. The van der Waals surface area contributed by atoms with Crippen molar-refractivity contribution in [2.24, 2.45) is 17.8 Å². The summed E-state index contributed by atoms with van der Waals surface area (Å²) in [6.45, 7) is 2.83. The molecule has 0 spiro atoms. The number of benzene rings is 1. The van der Waals surface area contributed by atoms with E-state index in [0.29, 0.717) is 74.2 Å². The molecule has 5 fully saturated rings. The number of rotatable bonds is 6. The van der Waals surface area contributed by atoms with Gasteiger partial charge in [0.25, 0.3) is 5.91 Å². The van der Waals surface area contributed by atoms with Gasteiger partial charge in [0.2, 0.25) is 23.6 Å². The molecule has 1 aliphatic carbocycles. The Morgan fingerprint density at radius 2 is 1.73 bits per heavy atom. The highest BCUT2D eigenvalue weighted by Crippen LogP contribution is 2.53. The first-order valence-corrected chi connectivity index (χ1v) is 18.0. The Hall–Kier alpha value is -2.90. The van der Waals surface area contributed by atoms with Crippen molar-refractivity contribution in [3.05, 3.63) is 34.7 Å². The fourth-order valence-corrected chi connectivity index (χ4v) is 8.94. The largest absolute Gasteiger partial charge is 0.378 e. The Morgan fingerprint density at radius 3 is 2.47 bits per heavy atom. The quantitative estimate of drug-likeness (QED) is 0.398. The molecule has 45 heavy (non-hydrogen) atoms. The minimum Gasteiger partial charge on any atom is -0.378 e. The standard InChI is InChI=1S/C30H36FN4O8PS/c31-26(44(40,41)42)16-1-4-24-19(9-16)13-25(45-24)27(36)32-22-12-18-10-17(18)11-21-2-3-23(35(21)29(22)38)30(39)34-14-20(15-34)28(37)33-5-7-43-8-6-33/h1,4,9,13,17-18,20-23,26H,2-3,5-8,10-12,14-15H2,(H,32,36)(H2,40,41,42)/t17-,18+,21-,22+,23+,26+/m1/s1. The number of fused-ring (bicyclic) bond motifs is 3. The summed E-state index contributed by atoms with van der Waals surface area (Å²) in [7, 11) is -4.98. The van der Waals surface area contributed by atoms with Crippen LogP contribution in [0.1, 0.15) is 53.3 Å². The molecule has 4 saturated heterocycles. The number of nitrogens with one attached hydrogen (secondary N) is 1. The maximum absolute atomic E-state index is 14.3. The highest BCUT2D eigenvalue weighted by atomic mass is 32.1. The van der Waals surface area contributed by atoms with E-state index in [2.05, 4.69) is 5.32 Å². The van der Waals surface area contributed by atoms with Gasteiger partial charge in [0.05, 0.1) is 24.0 Å². The average Bonchev–Trinajstić information content (AvgIpc) is 3.36. The Kier molecular flexibility index (Phi) is 8.00. The number of halogens is 1. The van der Waals surface area contributed by atoms with Crippen LogP contribution >= 0.6 is 18.9 Å². The van der Waals surface area contributed by atoms with Crippen LogP contribution in [0.5, 0.6) is 0 Å². The molecule has 5 aliphatic rings. The molecule has 0 radical (unpaired) electrons. The molecule has 4 amide bonds. The second kappa shape index (κ2) is 11.7. The zero-order chi connectivity index (χ0) is 31.6. The number of amides is 4. The van der Waals surface area contributed by atoms with Crippen molar-refractivity contribution in [2.75, 3.05) is 39.4 Å². The summed E-state index contributed by atoms with van der Waals surface area (Å²) < 4.78 is 31.6. The summed E-state index contributed by atoms with van der Waals surface area (Å²) in [6, 6.07) is 4.16. The lowest BCUT2D eigenvalue weighted by Crippen LogP contribution is -2.62. The van der Waals surface area contributed by atoms with Gasteiger partial charge in [0.15, 0.2) is 0 Å². The van der Waals surface area contributed by atoms with Gasteiger partial charge in [-0.15, -0.1) is 11.3 Å². The van der Waals surface area contributed by atoms with Crippen LogP contribution in [0.4, 0.5) is 4.39 Å². The second-order valence-electron chi connectivity index (χ2n) is 13.0. The number of nitrogens with zero attached hydrogens (tertiary/aromatic N) is 3. The van der Waals surface area contributed by atoms with Crippen molar-refractivity contribution in [2.45, 2.75) is 56.1 Å². The molecule has 1 saturated carbocycles. The first-order chi connectivity index (χ1) is 21.5. The first-order valence-electron chi connectivity index (χ1n) is 15.5. The molecule has 15 heteroatoms. The van der Waals surface area contributed by atoms with Gasteiger partial charge in [0, 0.05) is 36.9 Å². The van der Waals surface area contributed by atoms with Gasteiger partial charge in [-0.1, -0.05) is 6.07 Å². The fraction of sp³-hybridized carbons (Fsp3) is 0.600. The van der Waals surface area contributed by atoms with Gasteiger partial charge >= 0.3 is 7.60 Å². The highest BCUT2D eigenvalue weighted by molar-refractivity contribution is 7.51. The number of hydrogen-bond donors (Lipinski definition) is 3. The molecular weight excluding hydrogens is 626 g/mol. The number of hydrogen-bond acceptors (Lipinski definition) is 7. The lowest BCUT2D eigenvalue weighted by molar-refractivity contribution is -0.156. The minimum absolute atomic E-state index is 0.0419. The molecule has 1 aromatic heterocycles. The molecule has 6 atom stereocenters. The number of carbonyl (C=O) groups is 4. The monoisotopic (exact) mass is 662 g/mol. The number of alkyl halides is 1. The minimum atomic E-state index is -4.98. The Morgan fingerprint density at radius 1 is 1.00 bits per heavy atom. The maximum Gasteiger partial charge on any atom is 0.363 e. The van der Waals surface area contributed by atoms with E-state index in [4.69, 9.17) is 4.74 Å².